The van der Waals surface area contributed by atoms with Gasteiger partial charge in [0.2, 0.25) is 11.8 Å². The average molecular weight is 439 g/mol. The van der Waals surface area contributed by atoms with Crippen molar-refractivity contribution >= 4 is 11.6 Å². The minimum atomic E-state index is -4.77. The fourth-order valence-electron chi connectivity index (χ4n) is 2.86. The van der Waals surface area contributed by atoms with Gasteiger partial charge in [-0.15, -0.1) is 23.4 Å². The summed E-state index contributed by atoms with van der Waals surface area (Å²) in [5.74, 6) is -0.0936. The fourth-order valence-corrected chi connectivity index (χ4v) is 2.86. The molecule has 0 aliphatic rings. The van der Waals surface area contributed by atoms with E-state index in [1.165, 1.54) is 12.1 Å². The Morgan fingerprint density at radius 2 is 1.38 bits per heavy atom. The van der Waals surface area contributed by atoms with E-state index in [1.807, 2.05) is 31.2 Å². The molecular formula is C23H16F3N3O3. The summed E-state index contributed by atoms with van der Waals surface area (Å²) in [4.78, 5) is 12.4. The molecular weight excluding hydrogens is 423 g/mol. The lowest BCUT2D eigenvalue weighted by atomic mass is 10.1. The van der Waals surface area contributed by atoms with Crippen LogP contribution in [0.5, 0.6) is 5.75 Å². The van der Waals surface area contributed by atoms with Crippen molar-refractivity contribution in [3.8, 4) is 28.7 Å². The number of anilines is 1. The third-order valence-corrected chi connectivity index (χ3v) is 4.46. The Morgan fingerprint density at radius 1 is 0.844 bits per heavy atom. The standard InChI is InChI=1S/C23H16F3N3O3/c1-14-2-4-16(5-3-14)21-28-29-22(31-21)17-8-6-15(7-9-17)20(30)27-18-10-12-19(13-11-18)32-23(24,25)26/h2-13H,1H3,(H,27,30). The minimum absolute atomic E-state index is 0.313. The topological polar surface area (TPSA) is 77.2 Å². The van der Waals surface area contributed by atoms with Crippen molar-refractivity contribution in [1.29, 1.82) is 0 Å². The molecule has 0 saturated heterocycles. The largest absolute Gasteiger partial charge is 0.573 e. The summed E-state index contributed by atoms with van der Waals surface area (Å²) in [5.41, 5.74) is 3.24. The van der Waals surface area contributed by atoms with Gasteiger partial charge in [-0.2, -0.15) is 0 Å². The van der Waals surface area contributed by atoms with Crippen LogP contribution in [-0.4, -0.2) is 22.5 Å². The molecule has 32 heavy (non-hydrogen) atoms. The molecule has 0 aliphatic heterocycles. The Balaban J connectivity index is 1.42. The van der Waals surface area contributed by atoms with Gasteiger partial charge in [0.1, 0.15) is 5.75 Å². The first kappa shape index (κ1) is 21.1. The van der Waals surface area contributed by atoms with E-state index < -0.39 is 12.3 Å². The maximum absolute atomic E-state index is 12.4. The molecule has 0 atom stereocenters. The number of alkyl halides is 3. The molecule has 0 radical (unpaired) electrons. The summed E-state index contributed by atoms with van der Waals surface area (Å²) in [7, 11) is 0. The lowest BCUT2D eigenvalue weighted by molar-refractivity contribution is -0.274. The van der Waals surface area contributed by atoms with Crippen LogP contribution < -0.4 is 10.1 Å². The van der Waals surface area contributed by atoms with Crippen molar-refractivity contribution in [2.24, 2.45) is 0 Å². The van der Waals surface area contributed by atoms with Crippen molar-refractivity contribution in [3.63, 3.8) is 0 Å². The Kier molecular flexibility index (Phi) is 5.63. The van der Waals surface area contributed by atoms with Crippen LogP contribution >= 0.6 is 0 Å². The molecule has 1 amide bonds. The fraction of sp³-hybridized carbons (Fsp3) is 0.0870. The molecule has 0 fully saturated rings. The van der Waals surface area contributed by atoms with Gasteiger partial charge in [-0.25, -0.2) is 0 Å². The molecule has 0 unspecified atom stereocenters. The van der Waals surface area contributed by atoms with Crippen molar-refractivity contribution < 1.29 is 27.1 Å². The second kappa shape index (κ2) is 8.54. The first-order valence-electron chi connectivity index (χ1n) is 9.45. The number of nitrogens with one attached hydrogen (secondary N) is 1. The van der Waals surface area contributed by atoms with Gasteiger partial charge in [-0.3, -0.25) is 4.79 Å². The molecule has 0 aliphatic carbocycles. The lowest BCUT2D eigenvalue weighted by Crippen LogP contribution is -2.17. The summed E-state index contributed by atoms with van der Waals surface area (Å²) in [5, 5.41) is 10.7. The maximum Gasteiger partial charge on any atom is 0.573 e. The van der Waals surface area contributed by atoms with Gasteiger partial charge < -0.3 is 14.5 Å². The molecule has 1 N–H and O–H groups in total. The monoisotopic (exact) mass is 439 g/mol. The van der Waals surface area contributed by atoms with Gasteiger partial charge in [-0.1, -0.05) is 17.7 Å². The van der Waals surface area contributed by atoms with Crippen LogP contribution in [-0.2, 0) is 0 Å². The third-order valence-electron chi connectivity index (χ3n) is 4.46. The quantitative estimate of drug-likeness (QED) is 0.421. The Labute approximate surface area is 180 Å². The van der Waals surface area contributed by atoms with E-state index in [9.17, 15) is 18.0 Å². The molecule has 162 valence electrons. The Hall–Kier alpha value is -4.14. The lowest BCUT2D eigenvalue weighted by Gasteiger charge is -2.10. The van der Waals surface area contributed by atoms with E-state index in [4.69, 9.17) is 4.42 Å². The van der Waals surface area contributed by atoms with Gasteiger partial charge in [0.15, 0.2) is 0 Å². The molecule has 3 aromatic carbocycles. The van der Waals surface area contributed by atoms with Crippen LogP contribution in [0.25, 0.3) is 22.9 Å². The Bertz CT molecular complexity index is 1220. The molecule has 4 aromatic rings. The highest BCUT2D eigenvalue weighted by Gasteiger charge is 2.31. The van der Waals surface area contributed by atoms with Crippen LogP contribution in [0.15, 0.2) is 77.2 Å². The SMILES string of the molecule is Cc1ccc(-c2nnc(-c3ccc(C(=O)Nc4ccc(OC(F)(F)F)cc4)cc3)o2)cc1. The van der Waals surface area contributed by atoms with E-state index >= 15 is 0 Å². The average Bonchev–Trinajstić information content (AvgIpc) is 3.25. The highest BCUT2D eigenvalue weighted by atomic mass is 19.4. The molecule has 6 nitrogen and oxygen atoms in total. The smallest absolute Gasteiger partial charge is 0.416 e. The number of halogens is 3. The predicted molar refractivity (Wildman–Crippen MR) is 111 cm³/mol. The number of aryl methyl sites for hydroxylation is 1. The van der Waals surface area contributed by atoms with Gasteiger partial charge in [-0.05, 0) is 67.6 Å². The van der Waals surface area contributed by atoms with Crippen LogP contribution in [0.2, 0.25) is 0 Å². The summed E-state index contributed by atoms with van der Waals surface area (Å²) in [6, 6.07) is 19.1. The highest BCUT2D eigenvalue weighted by molar-refractivity contribution is 6.04. The zero-order chi connectivity index (χ0) is 22.7. The van der Waals surface area contributed by atoms with Crippen LogP contribution in [0, 0.1) is 6.92 Å². The molecule has 9 heteroatoms. The molecule has 1 heterocycles. The molecule has 0 bridgehead atoms. The summed E-state index contributed by atoms with van der Waals surface area (Å²) in [6.07, 6.45) is -4.77. The van der Waals surface area contributed by atoms with Crippen LogP contribution in [0.4, 0.5) is 18.9 Å². The van der Waals surface area contributed by atoms with E-state index in [-0.39, 0.29) is 5.75 Å². The van der Waals surface area contributed by atoms with Crippen molar-refractivity contribution in [2.45, 2.75) is 13.3 Å². The highest BCUT2D eigenvalue weighted by Crippen LogP contribution is 2.26. The molecule has 0 spiro atoms. The second-order valence-corrected chi connectivity index (χ2v) is 6.88. The predicted octanol–water partition coefficient (Wildman–Crippen LogP) is 5.86. The van der Waals surface area contributed by atoms with Crippen molar-refractivity contribution in [2.75, 3.05) is 5.32 Å². The number of rotatable bonds is 5. The van der Waals surface area contributed by atoms with Gasteiger partial charge in [0.25, 0.3) is 5.91 Å². The van der Waals surface area contributed by atoms with Crippen molar-refractivity contribution in [3.05, 3.63) is 83.9 Å². The molecule has 0 saturated carbocycles. The van der Waals surface area contributed by atoms with Gasteiger partial charge in [0.05, 0.1) is 0 Å². The zero-order valence-corrected chi connectivity index (χ0v) is 16.7. The first-order valence-corrected chi connectivity index (χ1v) is 9.45. The van der Waals surface area contributed by atoms with Crippen LogP contribution in [0.1, 0.15) is 15.9 Å². The van der Waals surface area contributed by atoms with Crippen LogP contribution in [0.3, 0.4) is 0 Å². The number of carbonyl (C=O) groups excluding carboxylic acids is 1. The Morgan fingerprint density at radius 3 is 1.91 bits per heavy atom. The number of nitrogens with zero attached hydrogens (tertiary/aromatic N) is 2. The third kappa shape index (κ3) is 5.12. The number of hydrogen-bond donors (Lipinski definition) is 1. The maximum atomic E-state index is 12.4. The normalized spacial score (nSPS) is 11.2. The zero-order valence-electron chi connectivity index (χ0n) is 16.7. The first-order chi connectivity index (χ1) is 15.3. The van der Waals surface area contributed by atoms with Crippen molar-refractivity contribution in [1.82, 2.24) is 10.2 Å². The number of amides is 1. The van der Waals surface area contributed by atoms with E-state index in [2.05, 4.69) is 20.3 Å². The number of carbonyl (C=O) groups is 1. The molecule has 1 aromatic heterocycles. The number of ether oxygens (including phenoxy) is 1. The summed E-state index contributed by atoms with van der Waals surface area (Å²) < 4.78 is 46.2. The second-order valence-electron chi connectivity index (χ2n) is 6.88. The minimum Gasteiger partial charge on any atom is -0.416 e. The number of hydrogen-bond acceptors (Lipinski definition) is 5. The number of aromatic nitrogens is 2. The van der Waals surface area contributed by atoms with E-state index in [0.717, 1.165) is 23.3 Å². The molecule has 4 rings (SSSR count). The van der Waals surface area contributed by atoms with Gasteiger partial charge in [0, 0.05) is 22.4 Å². The summed E-state index contributed by atoms with van der Waals surface area (Å²) in [6.45, 7) is 1.98. The van der Waals surface area contributed by atoms with E-state index in [1.54, 1.807) is 24.3 Å². The number of benzene rings is 3. The van der Waals surface area contributed by atoms with E-state index in [0.29, 0.717) is 28.6 Å². The van der Waals surface area contributed by atoms with Gasteiger partial charge >= 0.3 is 6.36 Å². The summed E-state index contributed by atoms with van der Waals surface area (Å²) >= 11 is 0.